The third-order valence-electron chi connectivity index (χ3n) is 3.58. The standard InChI is InChI=1S/C18H16Cl3N3O4S/c1-28-13-7-3-4-10(9-13)14(25)23-16(18(19,20)21)24-17(29)22-12-6-2-5-11(8-12)15(26)27/h2-9,16H,1H3,(H,23,25)(H,26,27)(H2,22,24,29)/t16-/m1/s1. The average Bonchev–Trinajstić information content (AvgIpc) is 2.66. The molecule has 29 heavy (non-hydrogen) atoms. The normalized spacial score (nSPS) is 11.9. The molecular formula is C18H16Cl3N3O4S. The zero-order chi connectivity index (χ0) is 21.6. The zero-order valence-electron chi connectivity index (χ0n) is 14.9. The van der Waals surface area contributed by atoms with Gasteiger partial charge in [-0.3, -0.25) is 4.79 Å². The van der Waals surface area contributed by atoms with Gasteiger partial charge in [-0.1, -0.05) is 46.9 Å². The molecule has 2 rings (SSSR count). The first-order chi connectivity index (χ1) is 13.6. The van der Waals surface area contributed by atoms with Crippen LogP contribution in [0.15, 0.2) is 48.5 Å². The van der Waals surface area contributed by atoms with Gasteiger partial charge in [-0.05, 0) is 48.6 Å². The van der Waals surface area contributed by atoms with Crippen molar-refractivity contribution >= 4 is 69.7 Å². The van der Waals surface area contributed by atoms with Gasteiger partial charge in [0.2, 0.25) is 3.79 Å². The summed E-state index contributed by atoms with van der Waals surface area (Å²) in [4.78, 5) is 23.6. The lowest BCUT2D eigenvalue weighted by molar-refractivity contribution is 0.0696. The van der Waals surface area contributed by atoms with Crippen LogP contribution in [0.4, 0.5) is 5.69 Å². The van der Waals surface area contributed by atoms with E-state index < -0.39 is 21.8 Å². The van der Waals surface area contributed by atoms with E-state index in [1.54, 1.807) is 30.3 Å². The summed E-state index contributed by atoms with van der Waals surface area (Å²) in [7, 11) is 1.48. The van der Waals surface area contributed by atoms with Crippen molar-refractivity contribution in [2.75, 3.05) is 12.4 Å². The fraction of sp³-hybridized carbons (Fsp3) is 0.167. The second-order valence-corrected chi connectivity index (χ2v) is 8.44. The van der Waals surface area contributed by atoms with E-state index in [1.165, 1.54) is 25.3 Å². The average molecular weight is 477 g/mol. The van der Waals surface area contributed by atoms with Crippen LogP contribution in [0.5, 0.6) is 5.75 Å². The number of aromatic carboxylic acids is 1. The number of anilines is 1. The molecule has 0 aliphatic carbocycles. The Kier molecular flexibility index (Phi) is 7.92. The van der Waals surface area contributed by atoms with E-state index in [-0.39, 0.29) is 10.7 Å². The molecule has 4 N–H and O–H groups in total. The van der Waals surface area contributed by atoms with Crippen molar-refractivity contribution in [3.05, 3.63) is 59.7 Å². The molecular weight excluding hydrogens is 461 g/mol. The van der Waals surface area contributed by atoms with E-state index in [2.05, 4.69) is 16.0 Å². The van der Waals surface area contributed by atoms with Crippen LogP contribution in [0.3, 0.4) is 0 Å². The van der Waals surface area contributed by atoms with Gasteiger partial charge >= 0.3 is 5.97 Å². The maximum absolute atomic E-state index is 12.5. The highest BCUT2D eigenvalue weighted by Gasteiger charge is 2.35. The van der Waals surface area contributed by atoms with Gasteiger partial charge < -0.3 is 25.8 Å². The Morgan fingerprint density at radius 1 is 1.07 bits per heavy atom. The third-order valence-corrected chi connectivity index (χ3v) is 4.45. The number of ether oxygens (including phenoxy) is 1. The monoisotopic (exact) mass is 475 g/mol. The van der Waals surface area contributed by atoms with Crippen molar-refractivity contribution in [2.24, 2.45) is 0 Å². The number of carbonyl (C=O) groups excluding carboxylic acids is 1. The molecule has 11 heteroatoms. The molecule has 0 saturated heterocycles. The summed E-state index contributed by atoms with van der Waals surface area (Å²) in [6.45, 7) is 0. The molecule has 2 aromatic rings. The van der Waals surface area contributed by atoms with E-state index in [1.807, 2.05) is 0 Å². The predicted octanol–water partition coefficient (Wildman–Crippen LogP) is 3.81. The number of carboxylic acids is 1. The predicted molar refractivity (Wildman–Crippen MR) is 117 cm³/mol. The summed E-state index contributed by atoms with van der Waals surface area (Å²) in [6, 6.07) is 12.4. The highest BCUT2D eigenvalue weighted by Crippen LogP contribution is 2.29. The van der Waals surface area contributed by atoms with Gasteiger partial charge in [-0.2, -0.15) is 0 Å². The number of carboxylic acid groups (broad SMARTS) is 1. The van der Waals surface area contributed by atoms with Crippen molar-refractivity contribution in [3.8, 4) is 5.75 Å². The fourth-order valence-corrected chi connectivity index (χ4v) is 2.77. The van der Waals surface area contributed by atoms with Crippen molar-refractivity contribution < 1.29 is 19.4 Å². The molecule has 0 fully saturated rings. The topological polar surface area (TPSA) is 99.7 Å². The number of hydrogen-bond donors (Lipinski definition) is 4. The van der Waals surface area contributed by atoms with Gasteiger partial charge in [0.1, 0.15) is 11.9 Å². The molecule has 0 saturated carbocycles. The Morgan fingerprint density at radius 3 is 2.34 bits per heavy atom. The molecule has 1 atom stereocenters. The lowest BCUT2D eigenvalue weighted by atomic mass is 10.2. The lowest BCUT2D eigenvalue weighted by Gasteiger charge is -2.27. The van der Waals surface area contributed by atoms with Crippen LogP contribution in [-0.4, -0.2) is 39.2 Å². The Hall–Kier alpha value is -2.26. The summed E-state index contributed by atoms with van der Waals surface area (Å²) in [6.07, 6.45) is -1.19. The Balaban J connectivity index is 2.10. The maximum atomic E-state index is 12.5. The Labute approximate surface area is 187 Å². The minimum Gasteiger partial charge on any atom is -0.497 e. The highest BCUT2D eigenvalue weighted by atomic mass is 35.6. The van der Waals surface area contributed by atoms with E-state index in [9.17, 15) is 9.59 Å². The molecule has 0 bridgehead atoms. The molecule has 0 aliphatic heterocycles. The number of rotatable bonds is 6. The Morgan fingerprint density at radius 2 is 1.72 bits per heavy atom. The molecule has 154 valence electrons. The molecule has 1 amide bonds. The smallest absolute Gasteiger partial charge is 0.335 e. The first-order valence-corrected chi connectivity index (χ1v) is 9.57. The molecule has 0 aromatic heterocycles. The van der Waals surface area contributed by atoms with Crippen molar-refractivity contribution in [3.63, 3.8) is 0 Å². The number of nitrogens with one attached hydrogen (secondary N) is 3. The van der Waals surface area contributed by atoms with Crippen LogP contribution in [0.2, 0.25) is 0 Å². The number of alkyl halides is 3. The van der Waals surface area contributed by atoms with Crippen LogP contribution < -0.4 is 20.7 Å². The minimum absolute atomic E-state index is 0.00908. The molecule has 0 aliphatic rings. The van der Waals surface area contributed by atoms with Crippen LogP contribution in [0, 0.1) is 0 Å². The van der Waals surface area contributed by atoms with Gasteiger partial charge in [-0.15, -0.1) is 0 Å². The van der Waals surface area contributed by atoms with Gasteiger partial charge in [0, 0.05) is 11.3 Å². The Bertz CT molecular complexity index is 921. The second kappa shape index (κ2) is 9.98. The van der Waals surface area contributed by atoms with Crippen LogP contribution >= 0.6 is 47.0 Å². The fourth-order valence-electron chi connectivity index (χ4n) is 2.21. The summed E-state index contributed by atoms with van der Waals surface area (Å²) in [5.74, 6) is -1.12. The van der Waals surface area contributed by atoms with Gasteiger partial charge in [0.25, 0.3) is 5.91 Å². The summed E-state index contributed by atoms with van der Waals surface area (Å²) in [5.41, 5.74) is 0.769. The summed E-state index contributed by atoms with van der Waals surface area (Å²) >= 11 is 23.1. The van der Waals surface area contributed by atoms with E-state index >= 15 is 0 Å². The molecule has 0 unspecified atom stereocenters. The van der Waals surface area contributed by atoms with Gasteiger partial charge in [0.05, 0.1) is 12.7 Å². The number of carbonyl (C=O) groups is 2. The van der Waals surface area contributed by atoms with E-state index in [4.69, 9.17) is 56.9 Å². The molecule has 0 spiro atoms. The van der Waals surface area contributed by atoms with Gasteiger partial charge in [-0.25, -0.2) is 4.79 Å². The molecule has 2 aromatic carbocycles. The van der Waals surface area contributed by atoms with Crippen LogP contribution in [-0.2, 0) is 0 Å². The van der Waals surface area contributed by atoms with Crippen molar-refractivity contribution in [2.45, 2.75) is 9.96 Å². The highest BCUT2D eigenvalue weighted by molar-refractivity contribution is 7.80. The summed E-state index contributed by atoms with van der Waals surface area (Å²) < 4.78 is 3.15. The summed E-state index contributed by atoms with van der Waals surface area (Å²) in [5, 5.41) is 17.1. The second-order valence-electron chi connectivity index (χ2n) is 5.66. The number of benzene rings is 2. The van der Waals surface area contributed by atoms with Crippen LogP contribution in [0.1, 0.15) is 20.7 Å². The number of hydrogen-bond acceptors (Lipinski definition) is 4. The SMILES string of the molecule is COc1cccc(C(=O)N[C@H](NC(=S)Nc2cccc(C(=O)O)c2)C(Cl)(Cl)Cl)c1. The van der Waals surface area contributed by atoms with E-state index in [0.717, 1.165) is 0 Å². The number of thiocarbonyl (C=S) groups is 1. The molecule has 0 heterocycles. The van der Waals surface area contributed by atoms with Crippen LogP contribution in [0.25, 0.3) is 0 Å². The number of amides is 1. The third kappa shape index (κ3) is 6.93. The van der Waals surface area contributed by atoms with Crippen molar-refractivity contribution in [1.29, 1.82) is 0 Å². The zero-order valence-corrected chi connectivity index (χ0v) is 18.0. The molecule has 7 nitrogen and oxygen atoms in total. The number of methoxy groups -OCH3 is 1. The number of halogens is 3. The lowest BCUT2D eigenvalue weighted by Crippen LogP contribution is -2.56. The maximum Gasteiger partial charge on any atom is 0.335 e. The minimum atomic E-state index is -1.94. The quantitative estimate of drug-likeness (QED) is 0.286. The first-order valence-electron chi connectivity index (χ1n) is 8.02. The molecule has 0 radical (unpaired) electrons. The largest absolute Gasteiger partial charge is 0.497 e. The van der Waals surface area contributed by atoms with E-state index in [0.29, 0.717) is 17.0 Å². The first kappa shape index (κ1) is 23.0. The van der Waals surface area contributed by atoms with Gasteiger partial charge in [0.15, 0.2) is 5.11 Å². The van der Waals surface area contributed by atoms with Crippen molar-refractivity contribution in [1.82, 2.24) is 10.6 Å².